The first-order valence-electron chi connectivity index (χ1n) is 11.3. The second kappa shape index (κ2) is 9.83. The van der Waals surface area contributed by atoms with Gasteiger partial charge in [0.25, 0.3) is 0 Å². The Morgan fingerprint density at radius 2 is 1.70 bits per heavy atom. The number of urea groups is 1. The molecule has 0 saturated carbocycles. The van der Waals surface area contributed by atoms with Gasteiger partial charge in [0.05, 0.1) is 19.3 Å². The van der Waals surface area contributed by atoms with E-state index in [1.54, 1.807) is 0 Å². The number of likely N-dealkylation sites (tertiary alicyclic amines) is 2. The van der Waals surface area contributed by atoms with Gasteiger partial charge in [0.1, 0.15) is 11.5 Å². The number of amides is 3. The second-order valence-corrected chi connectivity index (χ2v) is 8.60. The number of carbonyl (C=O) groups is 2. The van der Waals surface area contributed by atoms with Crippen LogP contribution in [0.1, 0.15) is 43.2 Å². The van der Waals surface area contributed by atoms with Crippen LogP contribution in [0.25, 0.3) is 0 Å². The maximum absolute atomic E-state index is 12.9. The molecule has 0 aliphatic carbocycles. The van der Waals surface area contributed by atoms with Crippen molar-refractivity contribution in [2.45, 2.75) is 38.6 Å². The van der Waals surface area contributed by atoms with E-state index >= 15 is 0 Å². The minimum absolute atomic E-state index is 0.0170. The average molecular weight is 419 g/mol. The van der Waals surface area contributed by atoms with Crippen molar-refractivity contribution in [3.8, 4) is 0 Å². The highest BCUT2D eigenvalue weighted by Gasteiger charge is 2.31. The lowest BCUT2D eigenvalue weighted by molar-refractivity contribution is -0.126. The molecular weight excluding hydrogens is 384 g/mol. The van der Waals surface area contributed by atoms with E-state index in [1.807, 2.05) is 28.9 Å². The SMILES string of the molecule is Cc1ccc([C@H](CNC(=O)C2CCN(C(=O)N3CCCC3)CC2)N2CCOCC2)o1. The number of ether oxygens (including phenoxy) is 1. The van der Waals surface area contributed by atoms with Crippen LogP contribution in [-0.2, 0) is 9.53 Å². The number of piperidine rings is 1. The van der Waals surface area contributed by atoms with Gasteiger partial charge in [-0.05, 0) is 44.7 Å². The van der Waals surface area contributed by atoms with Crippen LogP contribution >= 0.6 is 0 Å². The van der Waals surface area contributed by atoms with E-state index in [9.17, 15) is 9.59 Å². The van der Waals surface area contributed by atoms with Crippen LogP contribution in [0.15, 0.2) is 16.5 Å². The number of hydrogen-bond acceptors (Lipinski definition) is 5. The van der Waals surface area contributed by atoms with E-state index in [1.165, 1.54) is 0 Å². The predicted molar refractivity (Wildman–Crippen MR) is 112 cm³/mol. The predicted octanol–water partition coefficient (Wildman–Crippen LogP) is 2.01. The Morgan fingerprint density at radius 1 is 1.03 bits per heavy atom. The lowest BCUT2D eigenvalue weighted by Crippen LogP contribution is -2.49. The fraction of sp³-hybridized carbons (Fsp3) is 0.727. The number of carbonyl (C=O) groups excluding carboxylic acids is 2. The molecule has 1 aromatic heterocycles. The smallest absolute Gasteiger partial charge is 0.319 e. The van der Waals surface area contributed by atoms with E-state index in [0.717, 1.165) is 63.4 Å². The van der Waals surface area contributed by atoms with Crippen LogP contribution in [0.2, 0.25) is 0 Å². The highest BCUT2D eigenvalue weighted by molar-refractivity contribution is 5.79. The summed E-state index contributed by atoms with van der Waals surface area (Å²) in [5.74, 6) is 1.83. The molecule has 1 atom stereocenters. The van der Waals surface area contributed by atoms with Crippen molar-refractivity contribution in [1.29, 1.82) is 0 Å². The van der Waals surface area contributed by atoms with Crippen LogP contribution in [0.5, 0.6) is 0 Å². The maximum atomic E-state index is 12.9. The number of morpholine rings is 1. The molecule has 0 unspecified atom stereocenters. The molecule has 3 fully saturated rings. The lowest BCUT2D eigenvalue weighted by Gasteiger charge is -2.35. The van der Waals surface area contributed by atoms with Crippen molar-refractivity contribution in [2.24, 2.45) is 5.92 Å². The largest absolute Gasteiger partial charge is 0.465 e. The first-order chi connectivity index (χ1) is 14.6. The summed E-state index contributed by atoms with van der Waals surface area (Å²) < 4.78 is 11.4. The van der Waals surface area contributed by atoms with E-state index in [4.69, 9.17) is 9.15 Å². The van der Waals surface area contributed by atoms with Gasteiger partial charge in [-0.2, -0.15) is 0 Å². The molecule has 30 heavy (non-hydrogen) atoms. The Bertz CT molecular complexity index is 716. The third kappa shape index (κ3) is 4.98. The van der Waals surface area contributed by atoms with E-state index in [-0.39, 0.29) is 23.9 Å². The van der Waals surface area contributed by atoms with Gasteiger partial charge in [-0.3, -0.25) is 9.69 Å². The minimum Gasteiger partial charge on any atom is -0.465 e. The number of hydrogen-bond donors (Lipinski definition) is 1. The molecule has 3 aliphatic rings. The zero-order valence-corrected chi connectivity index (χ0v) is 18.0. The minimum atomic E-state index is -0.0312. The second-order valence-electron chi connectivity index (χ2n) is 8.60. The summed E-state index contributed by atoms with van der Waals surface area (Å²) in [6.45, 7) is 8.60. The van der Waals surface area contributed by atoms with Gasteiger partial charge in [0.2, 0.25) is 5.91 Å². The van der Waals surface area contributed by atoms with Crippen molar-refractivity contribution < 1.29 is 18.7 Å². The van der Waals surface area contributed by atoms with Crippen LogP contribution in [0.4, 0.5) is 4.79 Å². The Kier molecular flexibility index (Phi) is 6.94. The summed E-state index contributed by atoms with van der Waals surface area (Å²) in [4.78, 5) is 31.6. The fourth-order valence-electron chi connectivity index (χ4n) is 4.71. The summed E-state index contributed by atoms with van der Waals surface area (Å²) in [7, 11) is 0. The third-order valence-corrected chi connectivity index (χ3v) is 6.56. The summed E-state index contributed by atoms with van der Waals surface area (Å²) in [6.07, 6.45) is 3.66. The Morgan fingerprint density at radius 3 is 2.33 bits per heavy atom. The highest BCUT2D eigenvalue weighted by atomic mass is 16.5. The molecule has 3 amide bonds. The van der Waals surface area contributed by atoms with Gasteiger partial charge in [-0.1, -0.05) is 0 Å². The van der Waals surface area contributed by atoms with Crippen molar-refractivity contribution in [1.82, 2.24) is 20.0 Å². The van der Waals surface area contributed by atoms with Crippen LogP contribution in [-0.4, -0.2) is 85.7 Å². The molecule has 3 aliphatic heterocycles. The molecule has 166 valence electrons. The number of rotatable bonds is 5. The molecule has 0 radical (unpaired) electrons. The molecule has 4 rings (SSSR count). The first-order valence-corrected chi connectivity index (χ1v) is 11.3. The van der Waals surface area contributed by atoms with E-state index in [0.29, 0.717) is 32.8 Å². The van der Waals surface area contributed by atoms with Gasteiger partial charge >= 0.3 is 6.03 Å². The van der Waals surface area contributed by atoms with Gasteiger partial charge < -0.3 is 24.3 Å². The van der Waals surface area contributed by atoms with Gasteiger partial charge in [-0.15, -0.1) is 0 Å². The molecule has 3 saturated heterocycles. The van der Waals surface area contributed by atoms with Crippen LogP contribution in [0.3, 0.4) is 0 Å². The molecule has 1 aromatic rings. The lowest BCUT2D eigenvalue weighted by atomic mass is 9.96. The van der Waals surface area contributed by atoms with Gasteiger partial charge in [-0.25, -0.2) is 4.79 Å². The van der Waals surface area contributed by atoms with Crippen LogP contribution < -0.4 is 5.32 Å². The van der Waals surface area contributed by atoms with Gasteiger partial charge in [0.15, 0.2) is 0 Å². The summed E-state index contributed by atoms with van der Waals surface area (Å²) in [5, 5.41) is 3.16. The zero-order valence-electron chi connectivity index (χ0n) is 18.0. The topological polar surface area (TPSA) is 78.3 Å². The number of aryl methyl sites for hydroxylation is 1. The molecule has 4 heterocycles. The molecule has 0 spiro atoms. The summed E-state index contributed by atoms with van der Waals surface area (Å²) in [6, 6.07) is 4.14. The fourth-order valence-corrected chi connectivity index (χ4v) is 4.71. The number of furan rings is 1. The maximum Gasteiger partial charge on any atom is 0.319 e. The molecule has 0 bridgehead atoms. The van der Waals surface area contributed by atoms with Crippen molar-refractivity contribution >= 4 is 11.9 Å². The van der Waals surface area contributed by atoms with E-state index in [2.05, 4.69) is 10.2 Å². The number of nitrogens with zero attached hydrogens (tertiary/aromatic N) is 3. The Hall–Kier alpha value is -2.06. The highest BCUT2D eigenvalue weighted by Crippen LogP contribution is 2.24. The molecule has 8 nitrogen and oxygen atoms in total. The third-order valence-electron chi connectivity index (χ3n) is 6.56. The molecule has 8 heteroatoms. The summed E-state index contributed by atoms with van der Waals surface area (Å²) in [5.41, 5.74) is 0. The van der Waals surface area contributed by atoms with Crippen LogP contribution in [0, 0.1) is 12.8 Å². The Labute approximate surface area is 178 Å². The number of nitrogens with one attached hydrogen (secondary N) is 1. The normalized spacial score (nSPS) is 22.3. The first kappa shape index (κ1) is 21.2. The average Bonchev–Trinajstić information content (AvgIpc) is 3.46. The monoisotopic (exact) mass is 418 g/mol. The van der Waals surface area contributed by atoms with Crippen molar-refractivity contribution in [2.75, 3.05) is 59.0 Å². The molecule has 1 N–H and O–H groups in total. The summed E-state index contributed by atoms with van der Waals surface area (Å²) >= 11 is 0. The van der Waals surface area contributed by atoms with Crippen molar-refractivity contribution in [3.63, 3.8) is 0 Å². The Balaban J connectivity index is 1.29. The van der Waals surface area contributed by atoms with E-state index < -0.39 is 0 Å². The molecule has 0 aromatic carbocycles. The zero-order chi connectivity index (χ0) is 20.9. The molecular formula is C22H34N4O4. The quantitative estimate of drug-likeness (QED) is 0.791. The van der Waals surface area contributed by atoms with Gasteiger partial charge in [0, 0.05) is 51.7 Å². The van der Waals surface area contributed by atoms with Crippen molar-refractivity contribution in [3.05, 3.63) is 23.7 Å². The standard InChI is InChI=1S/C22H34N4O4/c1-17-4-5-20(30-17)19(24-12-14-29-15-13-24)16-23-21(27)18-6-10-26(11-7-18)22(28)25-8-2-3-9-25/h4-5,18-19H,2-3,6-16H2,1H3,(H,23,27)/t19-/m0/s1.